The SMILES string of the molecule is Fc1ccccc1-c1[c]nccc1. The molecule has 13 heavy (non-hydrogen) atoms. The molecule has 0 aliphatic rings. The molecule has 2 rings (SSSR count). The Balaban J connectivity index is 2.54. The van der Waals surface area contributed by atoms with Crippen molar-refractivity contribution in [1.29, 1.82) is 0 Å². The van der Waals surface area contributed by atoms with Gasteiger partial charge < -0.3 is 0 Å². The van der Waals surface area contributed by atoms with E-state index in [9.17, 15) is 4.39 Å². The van der Waals surface area contributed by atoms with E-state index < -0.39 is 0 Å². The zero-order valence-electron chi connectivity index (χ0n) is 6.87. The van der Waals surface area contributed by atoms with Gasteiger partial charge in [0.2, 0.25) is 0 Å². The van der Waals surface area contributed by atoms with Crippen LogP contribution >= 0.6 is 0 Å². The van der Waals surface area contributed by atoms with Crippen LogP contribution in [0.2, 0.25) is 0 Å². The monoisotopic (exact) mass is 172 g/mol. The van der Waals surface area contributed by atoms with Crippen LogP contribution in [0.4, 0.5) is 4.39 Å². The molecule has 1 aromatic carbocycles. The fraction of sp³-hybridized carbons (Fsp3) is 0. The smallest absolute Gasteiger partial charge is 0.131 e. The third kappa shape index (κ3) is 1.56. The van der Waals surface area contributed by atoms with Crippen molar-refractivity contribution in [3.63, 3.8) is 0 Å². The first kappa shape index (κ1) is 7.92. The van der Waals surface area contributed by atoms with Gasteiger partial charge in [0.05, 0.1) is 6.20 Å². The standard InChI is InChI=1S/C11H7FN/c12-11-6-2-1-5-10(11)9-4-3-7-13-8-9/h1-7H. The number of benzene rings is 1. The van der Waals surface area contributed by atoms with E-state index in [-0.39, 0.29) is 5.82 Å². The average Bonchev–Trinajstić information content (AvgIpc) is 2.20. The zero-order valence-corrected chi connectivity index (χ0v) is 6.87. The topological polar surface area (TPSA) is 12.9 Å². The van der Waals surface area contributed by atoms with Crippen LogP contribution in [-0.2, 0) is 0 Å². The Morgan fingerprint density at radius 3 is 2.62 bits per heavy atom. The summed E-state index contributed by atoms with van der Waals surface area (Å²) in [5.41, 5.74) is 1.22. The molecule has 1 nitrogen and oxygen atoms in total. The largest absolute Gasteiger partial charge is 0.254 e. The van der Waals surface area contributed by atoms with Gasteiger partial charge in [0.25, 0.3) is 0 Å². The molecular formula is C11H7FN. The van der Waals surface area contributed by atoms with E-state index >= 15 is 0 Å². The lowest BCUT2D eigenvalue weighted by Gasteiger charge is -2.00. The van der Waals surface area contributed by atoms with E-state index in [2.05, 4.69) is 11.2 Å². The van der Waals surface area contributed by atoms with E-state index in [1.807, 2.05) is 0 Å². The van der Waals surface area contributed by atoms with Crippen LogP contribution in [0.1, 0.15) is 0 Å². The first-order chi connectivity index (χ1) is 6.38. The number of aromatic nitrogens is 1. The lowest BCUT2D eigenvalue weighted by molar-refractivity contribution is 0.631. The van der Waals surface area contributed by atoms with Gasteiger partial charge in [-0.1, -0.05) is 24.3 Å². The second-order valence-corrected chi connectivity index (χ2v) is 2.64. The van der Waals surface area contributed by atoms with Gasteiger partial charge in [0.1, 0.15) is 5.82 Å². The van der Waals surface area contributed by atoms with Gasteiger partial charge in [-0.05, 0) is 12.1 Å². The zero-order chi connectivity index (χ0) is 9.10. The molecule has 1 heterocycles. The minimum absolute atomic E-state index is 0.244. The van der Waals surface area contributed by atoms with E-state index in [4.69, 9.17) is 0 Å². The predicted octanol–water partition coefficient (Wildman–Crippen LogP) is 2.69. The van der Waals surface area contributed by atoms with Crippen molar-refractivity contribution < 1.29 is 4.39 Å². The van der Waals surface area contributed by atoms with Crippen molar-refractivity contribution in [3.8, 4) is 11.1 Å². The minimum Gasteiger partial charge on any atom is -0.254 e. The summed E-state index contributed by atoms with van der Waals surface area (Å²) in [7, 11) is 0. The molecule has 0 saturated carbocycles. The summed E-state index contributed by atoms with van der Waals surface area (Å²) in [6, 6.07) is 10.1. The lowest BCUT2D eigenvalue weighted by Crippen LogP contribution is -1.83. The highest BCUT2D eigenvalue weighted by molar-refractivity contribution is 5.62. The Labute approximate surface area is 75.9 Å². The maximum Gasteiger partial charge on any atom is 0.131 e. The van der Waals surface area contributed by atoms with Crippen LogP contribution < -0.4 is 0 Å². The van der Waals surface area contributed by atoms with Crippen LogP contribution in [0.3, 0.4) is 0 Å². The van der Waals surface area contributed by atoms with Crippen molar-refractivity contribution in [1.82, 2.24) is 4.98 Å². The predicted molar refractivity (Wildman–Crippen MR) is 48.5 cm³/mol. The van der Waals surface area contributed by atoms with Gasteiger partial charge in [-0.3, -0.25) is 4.98 Å². The molecule has 0 saturated heterocycles. The van der Waals surface area contributed by atoms with Crippen LogP contribution in [0.25, 0.3) is 11.1 Å². The molecule has 0 bridgehead atoms. The fourth-order valence-corrected chi connectivity index (χ4v) is 1.16. The number of hydrogen-bond acceptors (Lipinski definition) is 1. The molecule has 0 aliphatic heterocycles. The molecule has 1 aromatic heterocycles. The Hall–Kier alpha value is -1.70. The van der Waals surface area contributed by atoms with Gasteiger partial charge in [0, 0.05) is 17.3 Å². The van der Waals surface area contributed by atoms with Crippen molar-refractivity contribution in [2.75, 3.05) is 0 Å². The molecule has 0 amide bonds. The van der Waals surface area contributed by atoms with Crippen LogP contribution in [-0.4, -0.2) is 4.98 Å². The molecule has 0 N–H and O–H groups in total. The molecule has 0 spiro atoms. The summed E-state index contributed by atoms with van der Waals surface area (Å²) >= 11 is 0. The second kappa shape index (κ2) is 3.35. The third-order valence-corrected chi connectivity index (χ3v) is 1.77. The first-order valence-corrected chi connectivity index (χ1v) is 3.95. The molecule has 1 radical (unpaired) electrons. The molecule has 2 heteroatoms. The number of pyridine rings is 1. The van der Waals surface area contributed by atoms with Crippen molar-refractivity contribution in [3.05, 3.63) is 54.6 Å². The Morgan fingerprint density at radius 2 is 1.92 bits per heavy atom. The Morgan fingerprint density at radius 1 is 1.08 bits per heavy atom. The van der Waals surface area contributed by atoms with E-state index in [0.29, 0.717) is 11.1 Å². The van der Waals surface area contributed by atoms with E-state index in [1.54, 1.807) is 36.5 Å². The molecule has 63 valence electrons. The average molecular weight is 172 g/mol. The number of rotatable bonds is 1. The highest BCUT2D eigenvalue weighted by Crippen LogP contribution is 2.20. The lowest BCUT2D eigenvalue weighted by atomic mass is 10.1. The quantitative estimate of drug-likeness (QED) is 0.644. The van der Waals surface area contributed by atoms with E-state index in [1.165, 1.54) is 6.07 Å². The highest BCUT2D eigenvalue weighted by atomic mass is 19.1. The van der Waals surface area contributed by atoms with E-state index in [0.717, 1.165) is 0 Å². The van der Waals surface area contributed by atoms with Gasteiger partial charge in [-0.2, -0.15) is 0 Å². The van der Waals surface area contributed by atoms with Crippen LogP contribution in [0.15, 0.2) is 42.6 Å². The molecule has 2 aromatic rings. The summed E-state index contributed by atoms with van der Waals surface area (Å²) in [6.45, 7) is 0. The van der Waals surface area contributed by atoms with Gasteiger partial charge >= 0.3 is 0 Å². The van der Waals surface area contributed by atoms with Crippen molar-refractivity contribution in [2.45, 2.75) is 0 Å². The summed E-state index contributed by atoms with van der Waals surface area (Å²) in [5, 5.41) is 0. The molecular weight excluding hydrogens is 165 g/mol. The first-order valence-electron chi connectivity index (χ1n) is 3.95. The van der Waals surface area contributed by atoms with Gasteiger partial charge in [-0.15, -0.1) is 0 Å². The minimum atomic E-state index is -0.244. The van der Waals surface area contributed by atoms with Gasteiger partial charge in [-0.25, -0.2) is 4.39 Å². The summed E-state index contributed by atoms with van der Waals surface area (Å²) in [6.07, 6.45) is 4.35. The molecule has 0 aliphatic carbocycles. The van der Waals surface area contributed by atoms with Crippen molar-refractivity contribution >= 4 is 0 Å². The maximum atomic E-state index is 13.2. The Bertz CT molecular complexity index is 398. The summed E-state index contributed by atoms with van der Waals surface area (Å²) < 4.78 is 13.2. The Kier molecular flexibility index (Phi) is 2.04. The number of nitrogens with zero attached hydrogens (tertiary/aromatic N) is 1. The molecule has 0 atom stereocenters. The van der Waals surface area contributed by atoms with Crippen molar-refractivity contribution in [2.24, 2.45) is 0 Å². The second-order valence-electron chi connectivity index (χ2n) is 2.64. The molecule has 0 fully saturated rings. The summed E-state index contributed by atoms with van der Waals surface area (Å²) in [5.74, 6) is -0.244. The van der Waals surface area contributed by atoms with Crippen LogP contribution in [0.5, 0.6) is 0 Å². The normalized spacial score (nSPS) is 9.92. The van der Waals surface area contributed by atoms with Crippen LogP contribution in [0, 0.1) is 12.0 Å². The molecule has 0 unspecified atom stereocenters. The number of halogens is 1. The fourth-order valence-electron chi connectivity index (χ4n) is 1.16. The van der Waals surface area contributed by atoms with Gasteiger partial charge in [0.15, 0.2) is 0 Å². The third-order valence-electron chi connectivity index (χ3n) is 1.77. The number of hydrogen-bond donors (Lipinski definition) is 0. The maximum absolute atomic E-state index is 13.2. The highest BCUT2D eigenvalue weighted by Gasteiger charge is 2.02. The summed E-state index contributed by atoms with van der Waals surface area (Å²) in [4.78, 5) is 3.81.